The minimum Gasteiger partial charge on any atom is -0.485 e. The van der Waals surface area contributed by atoms with Crippen molar-refractivity contribution in [2.24, 2.45) is 0 Å². The smallest absolute Gasteiger partial charge is 0.416 e. The summed E-state index contributed by atoms with van der Waals surface area (Å²) in [5, 5.41) is 17.4. The molecule has 3 rings (SSSR count). The number of hydroxylamine groups is 1. The van der Waals surface area contributed by atoms with Crippen molar-refractivity contribution in [2.45, 2.75) is 38.0 Å². The first-order valence-corrected chi connectivity index (χ1v) is 9.34. The summed E-state index contributed by atoms with van der Waals surface area (Å²) in [4.78, 5) is 0. The Balaban J connectivity index is 0.000000234. The number of rotatable bonds is 4. The van der Waals surface area contributed by atoms with Crippen LogP contribution in [0.15, 0.2) is 42.5 Å². The van der Waals surface area contributed by atoms with Crippen LogP contribution >= 0.6 is 11.6 Å². The number of nitrogens with two attached hydrogens (primary N) is 1. The van der Waals surface area contributed by atoms with E-state index in [9.17, 15) is 13.2 Å². The molecule has 2 aromatic rings. The van der Waals surface area contributed by atoms with Gasteiger partial charge in [0, 0.05) is 36.3 Å². The van der Waals surface area contributed by atoms with E-state index < -0.39 is 17.3 Å². The van der Waals surface area contributed by atoms with Crippen molar-refractivity contribution in [1.29, 1.82) is 5.41 Å². The summed E-state index contributed by atoms with van der Waals surface area (Å²) in [5.41, 5.74) is 7.86. The van der Waals surface area contributed by atoms with Crippen LogP contribution in [0.5, 0.6) is 5.75 Å². The van der Waals surface area contributed by atoms with Crippen LogP contribution in [0, 0.1) is 5.41 Å². The van der Waals surface area contributed by atoms with Crippen LogP contribution in [-0.4, -0.2) is 23.1 Å². The third kappa shape index (κ3) is 5.85. The predicted octanol–water partition coefficient (Wildman–Crippen LogP) is 5.30. The zero-order valence-electron chi connectivity index (χ0n) is 15.8. The molecule has 1 heterocycles. The topological polar surface area (TPSA) is 91.4 Å². The second-order valence-corrected chi connectivity index (χ2v) is 7.10. The van der Waals surface area contributed by atoms with Crippen molar-refractivity contribution in [1.82, 2.24) is 5.48 Å². The number of anilines is 1. The minimum atomic E-state index is -4.27. The molecule has 2 aromatic carbocycles. The van der Waals surface area contributed by atoms with Gasteiger partial charge >= 0.3 is 6.18 Å². The number of halogens is 4. The minimum absolute atomic E-state index is 0.331. The Hall–Kier alpha value is -2.29. The van der Waals surface area contributed by atoms with E-state index in [2.05, 4.69) is 5.48 Å². The fourth-order valence-electron chi connectivity index (χ4n) is 2.99. The highest BCUT2D eigenvalue weighted by molar-refractivity contribution is 6.32. The molecule has 9 heteroatoms. The van der Waals surface area contributed by atoms with Crippen molar-refractivity contribution in [3.05, 3.63) is 58.6 Å². The van der Waals surface area contributed by atoms with Gasteiger partial charge in [-0.3, -0.25) is 0 Å². The number of benzene rings is 2. The largest absolute Gasteiger partial charge is 0.485 e. The number of ether oxygens (including phenoxy) is 1. The summed E-state index contributed by atoms with van der Waals surface area (Å²) in [7, 11) is 0. The van der Waals surface area contributed by atoms with E-state index in [1.165, 1.54) is 12.1 Å². The van der Waals surface area contributed by atoms with Gasteiger partial charge in [-0.05, 0) is 42.8 Å². The molecule has 158 valence electrons. The molecule has 0 saturated heterocycles. The van der Waals surface area contributed by atoms with Gasteiger partial charge in [-0.2, -0.15) is 13.2 Å². The first kappa shape index (κ1) is 23.0. The van der Waals surface area contributed by atoms with E-state index in [0.717, 1.165) is 24.1 Å². The Morgan fingerprint density at radius 1 is 1.24 bits per heavy atom. The Bertz CT molecular complexity index is 844. The van der Waals surface area contributed by atoms with Gasteiger partial charge in [-0.1, -0.05) is 24.6 Å². The van der Waals surface area contributed by atoms with Gasteiger partial charge in [0.15, 0.2) is 0 Å². The van der Waals surface area contributed by atoms with Crippen molar-refractivity contribution >= 4 is 23.0 Å². The average molecular weight is 430 g/mol. The molecular formula is C20H23ClF3N3O2. The molecule has 1 aliphatic heterocycles. The van der Waals surface area contributed by atoms with Gasteiger partial charge in [0.1, 0.15) is 11.4 Å². The first-order chi connectivity index (χ1) is 13.6. The van der Waals surface area contributed by atoms with Crippen molar-refractivity contribution in [3.63, 3.8) is 0 Å². The maximum Gasteiger partial charge on any atom is 0.416 e. The molecule has 0 bridgehead atoms. The van der Waals surface area contributed by atoms with Crippen LogP contribution in [-0.2, 0) is 6.18 Å². The number of nitrogens with one attached hydrogen (secondary N) is 2. The van der Waals surface area contributed by atoms with Crippen LogP contribution in [0.1, 0.15) is 37.3 Å². The van der Waals surface area contributed by atoms with Crippen LogP contribution in [0.4, 0.5) is 18.9 Å². The molecule has 0 spiro atoms. The fraction of sp³-hybridized carbons (Fsp3) is 0.350. The molecule has 5 nitrogen and oxygen atoms in total. The molecule has 0 amide bonds. The molecule has 1 aliphatic rings. The molecule has 0 saturated carbocycles. The standard InChI is InChI=1S/C13H17ClN2O2.C7H6F3N/c1-2-13(6-7-16-17)8-11(15)9-4-3-5-10(14)12(9)18-13;8-7(9,10)5-1-3-6(11)4-2-5/h3-5,15-17H,2,6-8H2,1H3;1-4H,11H2. The summed E-state index contributed by atoms with van der Waals surface area (Å²) in [6, 6.07) is 9.81. The Morgan fingerprint density at radius 3 is 2.45 bits per heavy atom. The highest BCUT2D eigenvalue weighted by atomic mass is 35.5. The highest BCUT2D eigenvalue weighted by Crippen LogP contribution is 2.41. The van der Waals surface area contributed by atoms with Crippen molar-refractivity contribution < 1.29 is 23.1 Å². The average Bonchev–Trinajstić information content (AvgIpc) is 2.67. The normalized spacial score (nSPS) is 18.3. The van der Waals surface area contributed by atoms with E-state index in [-0.39, 0.29) is 0 Å². The van der Waals surface area contributed by atoms with Gasteiger partial charge < -0.3 is 21.1 Å². The zero-order valence-corrected chi connectivity index (χ0v) is 16.6. The van der Waals surface area contributed by atoms with Crippen molar-refractivity contribution in [2.75, 3.05) is 12.3 Å². The van der Waals surface area contributed by atoms with Gasteiger partial charge in [0.05, 0.1) is 10.6 Å². The van der Waals surface area contributed by atoms with E-state index in [1.54, 1.807) is 6.07 Å². The number of hydrogen-bond acceptors (Lipinski definition) is 5. The second kappa shape index (κ2) is 9.47. The summed E-state index contributed by atoms with van der Waals surface area (Å²) in [5.74, 6) is 0.593. The van der Waals surface area contributed by atoms with Crippen LogP contribution in [0.3, 0.4) is 0 Å². The number of alkyl halides is 3. The van der Waals surface area contributed by atoms with Gasteiger partial charge in [0.25, 0.3) is 0 Å². The molecule has 1 unspecified atom stereocenters. The van der Waals surface area contributed by atoms with Gasteiger partial charge in [-0.15, -0.1) is 0 Å². The molecule has 1 atom stereocenters. The number of fused-ring (bicyclic) bond motifs is 1. The van der Waals surface area contributed by atoms with Crippen LogP contribution < -0.4 is 16.0 Å². The molecule has 0 radical (unpaired) electrons. The molecule has 29 heavy (non-hydrogen) atoms. The lowest BCUT2D eigenvalue weighted by Crippen LogP contribution is -2.43. The maximum absolute atomic E-state index is 11.9. The number of nitrogen functional groups attached to an aromatic ring is 1. The Kier molecular flexibility index (Phi) is 7.51. The van der Waals surface area contributed by atoms with E-state index in [0.29, 0.717) is 41.6 Å². The quantitative estimate of drug-likeness (QED) is 0.392. The highest BCUT2D eigenvalue weighted by Gasteiger charge is 2.38. The van der Waals surface area contributed by atoms with E-state index in [1.807, 2.05) is 19.1 Å². The SMILES string of the molecule is CCC1(CCNO)CC(=N)c2cccc(Cl)c2O1.Nc1ccc(C(F)(F)F)cc1. The Labute approximate surface area is 172 Å². The molecule has 0 aromatic heterocycles. The monoisotopic (exact) mass is 429 g/mol. The van der Waals surface area contributed by atoms with Gasteiger partial charge in [-0.25, -0.2) is 5.48 Å². The molecular weight excluding hydrogens is 407 g/mol. The summed E-state index contributed by atoms with van der Waals surface area (Å²) in [6.45, 7) is 2.45. The van der Waals surface area contributed by atoms with Crippen LogP contribution in [0.25, 0.3) is 0 Å². The second-order valence-electron chi connectivity index (χ2n) is 6.69. The maximum atomic E-state index is 11.9. The third-order valence-electron chi connectivity index (χ3n) is 4.68. The molecule has 5 N–H and O–H groups in total. The van der Waals surface area contributed by atoms with Crippen molar-refractivity contribution in [3.8, 4) is 5.75 Å². The zero-order chi connectivity index (χ0) is 21.7. The van der Waals surface area contributed by atoms with E-state index in [4.69, 9.17) is 32.7 Å². The van der Waals surface area contributed by atoms with E-state index >= 15 is 0 Å². The lowest BCUT2D eigenvalue weighted by Gasteiger charge is -2.38. The lowest BCUT2D eigenvalue weighted by atomic mass is 9.85. The Morgan fingerprint density at radius 2 is 1.90 bits per heavy atom. The van der Waals surface area contributed by atoms with Crippen LogP contribution in [0.2, 0.25) is 5.02 Å². The fourth-order valence-corrected chi connectivity index (χ4v) is 3.20. The van der Waals surface area contributed by atoms with Gasteiger partial charge in [0.2, 0.25) is 0 Å². The summed E-state index contributed by atoms with van der Waals surface area (Å²) >= 11 is 6.14. The first-order valence-electron chi connectivity index (χ1n) is 8.97. The summed E-state index contributed by atoms with van der Waals surface area (Å²) < 4.78 is 41.7. The number of para-hydroxylation sites is 1. The predicted molar refractivity (Wildman–Crippen MR) is 107 cm³/mol. The third-order valence-corrected chi connectivity index (χ3v) is 4.98. The molecule has 0 fully saturated rings. The number of hydrogen-bond donors (Lipinski definition) is 4. The molecule has 0 aliphatic carbocycles. The lowest BCUT2D eigenvalue weighted by molar-refractivity contribution is -0.137. The summed E-state index contributed by atoms with van der Waals surface area (Å²) in [6.07, 6.45) is -2.33.